The standard InChI is InChI=1S/C19H17N3O4/c1-12(23)21-17-7-16(8-18(9-17)22-13(2)24)19(25)26-11-15-6-4-3-5-14(15)10-20/h3-9H,11H2,1-2H3,(H,21,23)(H,22,24). The largest absolute Gasteiger partial charge is 0.457 e. The molecule has 0 aliphatic rings. The minimum Gasteiger partial charge on any atom is -0.457 e. The van der Waals surface area contributed by atoms with Gasteiger partial charge in [0.1, 0.15) is 6.61 Å². The van der Waals surface area contributed by atoms with Crippen molar-refractivity contribution in [2.75, 3.05) is 10.6 Å². The van der Waals surface area contributed by atoms with Crippen LogP contribution >= 0.6 is 0 Å². The van der Waals surface area contributed by atoms with Gasteiger partial charge in [-0.1, -0.05) is 18.2 Å². The molecular formula is C19H17N3O4. The molecule has 26 heavy (non-hydrogen) atoms. The number of anilines is 2. The highest BCUT2D eigenvalue weighted by atomic mass is 16.5. The van der Waals surface area contributed by atoms with Gasteiger partial charge in [0.15, 0.2) is 0 Å². The molecule has 0 aromatic heterocycles. The fourth-order valence-electron chi connectivity index (χ4n) is 2.28. The number of hydrogen-bond acceptors (Lipinski definition) is 5. The topological polar surface area (TPSA) is 108 Å². The lowest BCUT2D eigenvalue weighted by atomic mass is 10.1. The van der Waals surface area contributed by atoms with Gasteiger partial charge in [0, 0.05) is 30.8 Å². The molecule has 0 saturated heterocycles. The Morgan fingerprint density at radius 3 is 2.12 bits per heavy atom. The Bertz CT molecular complexity index is 866. The number of hydrogen-bond donors (Lipinski definition) is 2. The lowest BCUT2D eigenvalue weighted by Gasteiger charge is -2.11. The maximum Gasteiger partial charge on any atom is 0.338 e. The fourth-order valence-corrected chi connectivity index (χ4v) is 2.28. The SMILES string of the molecule is CC(=O)Nc1cc(NC(C)=O)cc(C(=O)OCc2ccccc2C#N)c1. The molecule has 0 atom stereocenters. The van der Waals surface area contributed by atoms with Crippen molar-refractivity contribution in [3.05, 3.63) is 59.2 Å². The molecule has 7 nitrogen and oxygen atoms in total. The van der Waals surface area contributed by atoms with Crippen LogP contribution in [0.5, 0.6) is 0 Å². The molecule has 132 valence electrons. The Morgan fingerprint density at radius 1 is 1.00 bits per heavy atom. The average molecular weight is 351 g/mol. The monoisotopic (exact) mass is 351 g/mol. The summed E-state index contributed by atoms with van der Waals surface area (Å²) in [6.45, 7) is 2.60. The van der Waals surface area contributed by atoms with Crippen molar-refractivity contribution < 1.29 is 19.1 Å². The van der Waals surface area contributed by atoms with Crippen molar-refractivity contribution in [3.63, 3.8) is 0 Å². The summed E-state index contributed by atoms with van der Waals surface area (Å²) < 4.78 is 5.26. The normalized spacial score (nSPS) is 9.73. The summed E-state index contributed by atoms with van der Waals surface area (Å²) in [7, 11) is 0. The molecule has 2 N–H and O–H groups in total. The van der Waals surface area contributed by atoms with Crippen LogP contribution in [0.15, 0.2) is 42.5 Å². The third-order valence-corrected chi connectivity index (χ3v) is 3.31. The van der Waals surface area contributed by atoms with E-state index in [0.29, 0.717) is 22.5 Å². The number of esters is 1. The van der Waals surface area contributed by atoms with E-state index in [1.165, 1.54) is 32.0 Å². The molecule has 7 heteroatoms. The zero-order chi connectivity index (χ0) is 19.1. The van der Waals surface area contributed by atoms with Gasteiger partial charge in [-0.3, -0.25) is 9.59 Å². The van der Waals surface area contributed by atoms with E-state index in [2.05, 4.69) is 10.6 Å². The second-order valence-corrected chi connectivity index (χ2v) is 5.51. The minimum atomic E-state index is -0.642. The lowest BCUT2D eigenvalue weighted by molar-refractivity contribution is -0.115. The second-order valence-electron chi connectivity index (χ2n) is 5.51. The molecule has 0 unspecified atom stereocenters. The molecular weight excluding hydrogens is 334 g/mol. The van der Waals surface area contributed by atoms with Crippen LogP contribution < -0.4 is 10.6 Å². The van der Waals surface area contributed by atoms with Gasteiger partial charge in [-0.15, -0.1) is 0 Å². The zero-order valence-electron chi connectivity index (χ0n) is 14.3. The molecule has 2 rings (SSSR count). The first-order chi connectivity index (χ1) is 12.4. The van der Waals surface area contributed by atoms with Crippen LogP contribution in [0.4, 0.5) is 11.4 Å². The summed E-state index contributed by atoms with van der Waals surface area (Å²) in [5, 5.41) is 14.2. The molecule has 0 spiro atoms. The smallest absolute Gasteiger partial charge is 0.338 e. The molecule has 2 aromatic carbocycles. The van der Waals surface area contributed by atoms with Crippen LogP contribution in [0.1, 0.15) is 35.3 Å². The Hall–Kier alpha value is -3.66. The van der Waals surface area contributed by atoms with Crippen molar-refractivity contribution in [2.24, 2.45) is 0 Å². The number of carbonyl (C=O) groups excluding carboxylic acids is 3. The Balaban J connectivity index is 2.22. The number of ether oxygens (including phenoxy) is 1. The third-order valence-electron chi connectivity index (χ3n) is 3.31. The molecule has 0 fully saturated rings. The quantitative estimate of drug-likeness (QED) is 0.805. The van der Waals surface area contributed by atoms with Crippen molar-refractivity contribution in [2.45, 2.75) is 20.5 Å². The molecule has 2 amide bonds. The summed E-state index contributed by atoms with van der Waals surface area (Å²) in [6, 6.07) is 13.3. The maximum atomic E-state index is 12.4. The fraction of sp³-hybridized carbons (Fsp3) is 0.158. The summed E-state index contributed by atoms with van der Waals surface area (Å²) >= 11 is 0. The molecule has 0 radical (unpaired) electrons. The van der Waals surface area contributed by atoms with E-state index in [-0.39, 0.29) is 24.0 Å². The molecule has 0 aliphatic carbocycles. The highest BCUT2D eigenvalue weighted by molar-refractivity contribution is 5.97. The number of carbonyl (C=O) groups is 3. The van der Waals surface area contributed by atoms with E-state index < -0.39 is 5.97 Å². The van der Waals surface area contributed by atoms with Gasteiger partial charge in [0.25, 0.3) is 0 Å². The predicted octanol–water partition coefficient (Wildman–Crippen LogP) is 2.83. The van der Waals surface area contributed by atoms with Crippen molar-refractivity contribution in [1.82, 2.24) is 0 Å². The van der Waals surface area contributed by atoms with Gasteiger partial charge < -0.3 is 15.4 Å². The number of rotatable bonds is 5. The van der Waals surface area contributed by atoms with Gasteiger partial charge >= 0.3 is 5.97 Å². The molecule has 0 bridgehead atoms. The van der Waals surface area contributed by atoms with Gasteiger partial charge in [-0.25, -0.2) is 4.79 Å². The maximum absolute atomic E-state index is 12.4. The van der Waals surface area contributed by atoms with Crippen LogP contribution in [0.2, 0.25) is 0 Å². The Kier molecular flexibility index (Phi) is 6.06. The van der Waals surface area contributed by atoms with E-state index in [1.807, 2.05) is 6.07 Å². The van der Waals surface area contributed by atoms with Gasteiger partial charge in [0.2, 0.25) is 11.8 Å². The van der Waals surface area contributed by atoms with Crippen LogP contribution in [0, 0.1) is 11.3 Å². The molecule has 0 aliphatic heterocycles. The summed E-state index contributed by atoms with van der Waals surface area (Å²) in [5.41, 5.74) is 1.88. The number of nitriles is 1. The van der Waals surface area contributed by atoms with Crippen LogP contribution in [-0.4, -0.2) is 17.8 Å². The molecule has 0 heterocycles. The predicted molar refractivity (Wildman–Crippen MR) is 95.3 cm³/mol. The number of nitrogens with one attached hydrogen (secondary N) is 2. The van der Waals surface area contributed by atoms with E-state index in [1.54, 1.807) is 24.3 Å². The van der Waals surface area contributed by atoms with Crippen molar-refractivity contribution in [3.8, 4) is 6.07 Å². The molecule has 2 aromatic rings. The highest BCUT2D eigenvalue weighted by Gasteiger charge is 2.13. The number of amides is 2. The summed E-state index contributed by atoms with van der Waals surface area (Å²) in [4.78, 5) is 34.9. The minimum absolute atomic E-state index is 0.0671. The van der Waals surface area contributed by atoms with Gasteiger partial charge in [0.05, 0.1) is 17.2 Å². The average Bonchev–Trinajstić information content (AvgIpc) is 2.58. The van der Waals surface area contributed by atoms with Gasteiger partial charge in [-0.05, 0) is 24.3 Å². The van der Waals surface area contributed by atoms with Gasteiger partial charge in [-0.2, -0.15) is 5.26 Å². The molecule has 0 saturated carbocycles. The third kappa shape index (κ3) is 5.18. The summed E-state index contributed by atoms with van der Waals surface area (Å²) in [5.74, 6) is -1.27. The van der Waals surface area contributed by atoms with Crippen LogP contribution in [0.25, 0.3) is 0 Å². The number of nitrogens with zero attached hydrogens (tertiary/aromatic N) is 1. The first-order valence-corrected chi connectivity index (χ1v) is 7.74. The van der Waals surface area contributed by atoms with Crippen LogP contribution in [-0.2, 0) is 20.9 Å². The lowest BCUT2D eigenvalue weighted by Crippen LogP contribution is -2.12. The summed E-state index contributed by atoms with van der Waals surface area (Å²) in [6.07, 6.45) is 0. The van der Waals surface area contributed by atoms with Crippen LogP contribution in [0.3, 0.4) is 0 Å². The van der Waals surface area contributed by atoms with E-state index in [4.69, 9.17) is 10.00 Å². The Labute approximate surface area is 150 Å². The van der Waals surface area contributed by atoms with E-state index in [0.717, 1.165) is 0 Å². The first kappa shape index (κ1) is 18.7. The van der Waals surface area contributed by atoms with Crippen molar-refractivity contribution in [1.29, 1.82) is 5.26 Å². The first-order valence-electron chi connectivity index (χ1n) is 7.74. The number of benzene rings is 2. The second kappa shape index (κ2) is 8.44. The van der Waals surface area contributed by atoms with E-state index in [9.17, 15) is 14.4 Å². The van der Waals surface area contributed by atoms with E-state index >= 15 is 0 Å². The Morgan fingerprint density at radius 2 is 1.58 bits per heavy atom. The highest BCUT2D eigenvalue weighted by Crippen LogP contribution is 2.21. The van der Waals surface area contributed by atoms with Crippen molar-refractivity contribution >= 4 is 29.2 Å². The zero-order valence-corrected chi connectivity index (χ0v) is 14.3.